The molecule has 1 nitrogen and oxygen atoms in total. The summed E-state index contributed by atoms with van der Waals surface area (Å²) in [5.74, 6) is 0. The second-order valence-corrected chi connectivity index (χ2v) is 3.54. The molecule has 2 rings (SSSR count). The van der Waals surface area contributed by atoms with Crippen LogP contribution in [-0.4, -0.2) is 4.98 Å². The van der Waals surface area contributed by atoms with Crippen molar-refractivity contribution in [1.29, 1.82) is 0 Å². The predicted octanol–water partition coefficient (Wildman–Crippen LogP) is 3.37. The van der Waals surface area contributed by atoms with E-state index in [0.717, 1.165) is 5.69 Å². The molecule has 0 spiro atoms. The Labute approximate surface area is 84.4 Å². The maximum absolute atomic E-state index is 4.39. The minimum atomic E-state index is 1.08. The van der Waals surface area contributed by atoms with Crippen LogP contribution in [0.3, 0.4) is 0 Å². The first-order valence-electron chi connectivity index (χ1n) is 4.76. The zero-order valence-electron chi connectivity index (χ0n) is 8.49. The van der Waals surface area contributed by atoms with Gasteiger partial charge in [0.15, 0.2) is 0 Å². The van der Waals surface area contributed by atoms with Gasteiger partial charge in [0.25, 0.3) is 0 Å². The van der Waals surface area contributed by atoms with Gasteiger partial charge in [0.05, 0.1) is 5.69 Å². The first-order chi connectivity index (χ1) is 6.77. The van der Waals surface area contributed by atoms with E-state index in [1.165, 1.54) is 16.7 Å². The van der Waals surface area contributed by atoms with Gasteiger partial charge in [-0.15, -0.1) is 0 Å². The number of rotatable bonds is 1. The summed E-state index contributed by atoms with van der Waals surface area (Å²) in [6.07, 6.45) is 1.84. The van der Waals surface area contributed by atoms with Crippen LogP contribution in [0, 0.1) is 13.8 Å². The fourth-order valence-corrected chi connectivity index (χ4v) is 1.58. The zero-order chi connectivity index (χ0) is 9.97. The summed E-state index contributed by atoms with van der Waals surface area (Å²) < 4.78 is 0. The second kappa shape index (κ2) is 3.62. The van der Waals surface area contributed by atoms with Crippen molar-refractivity contribution in [3.63, 3.8) is 0 Å². The molecule has 0 bridgehead atoms. The van der Waals surface area contributed by atoms with Crippen LogP contribution in [0.15, 0.2) is 42.6 Å². The highest BCUT2D eigenvalue weighted by Crippen LogP contribution is 2.20. The lowest BCUT2D eigenvalue weighted by atomic mass is 10.1. The molecule has 1 aromatic heterocycles. The van der Waals surface area contributed by atoms with Gasteiger partial charge < -0.3 is 0 Å². The molecular weight excluding hydrogens is 170 g/mol. The summed E-state index contributed by atoms with van der Waals surface area (Å²) in [4.78, 5) is 4.39. The number of benzene rings is 1. The van der Waals surface area contributed by atoms with E-state index in [-0.39, 0.29) is 0 Å². The highest BCUT2D eigenvalue weighted by Gasteiger charge is 2.01. The van der Waals surface area contributed by atoms with E-state index in [1.807, 2.05) is 12.3 Å². The van der Waals surface area contributed by atoms with Crippen molar-refractivity contribution in [3.05, 3.63) is 53.7 Å². The fourth-order valence-electron chi connectivity index (χ4n) is 1.58. The number of nitrogens with zero attached hydrogens (tertiary/aromatic N) is 1. The first-order valence-corrected chi connectivity index (χ1v) is 4.76. The van der Waals surface area contributed by atoms with Gasteiger partial charge >= 0.3 is 0 Å². The van der Waals surface area contributed by atoms with E-state index in [1.54, 1.807) is 0 Å². The molecule has 0 radical (unpaired) electrons. The topological polar surface area (TPSA) is 12.9 Å². The molecule has 0 saturated carbocycles. The highest BCUT2D eigenvalue weighted by molar-refractivity contribution is 5.63. The van der Waals surface area contributed by atoms with Gasteiger partial charge in [-0.25, -0.2) is 0 Å². The van der Waals surface area contributed by atoms with Crippen LogP contribution < -0.4 is 0 Å². The predicted molar refractivity (Wildman–Crippen MR) is 59.1 cm³/mol. The van der Waals surface area contributed by atoms with E-state index in [9.17, 15) is 0 Å². The SMILES string of the molecule is Cc1cccc(-c2ncccc2C)c1. The van der Waals surface area contributed by atoms with Crippen molar-refractivity contribution in [3.8, 4) is 11.3 Å². The lowest BCUT2D eigenvalue weighted by molar-refractivity contribution is 1.27. The van der Waals surface area contributed by atoms with E-state index in [4.69, 9.17) is 0 Å². The molecule has 70 valence electrons. The van der Waals surface area contributed by atoms with Gasteiger partial charge in [-0.2, -0.15) is 0 Å². The third-order valence-electron chi connectivity index (χ3n) is 2.30. The Hall–Kier alpha value is -1.63. The fraction of sp³-hybridized carbons (Fsp3) is 0.154. The number of aromatic nitrogens is 1. The van der Waals surface area contributed by atoms with Crippen molar-refractivity contribution in [2.45, 2.75) is 13.8 Å². The summed E-state index contributed by atoms with van der Waals surface area (Å²) in [6.45, 7) is 4.19. The van der Waals surface area contributed by atoms with Crippen LogP contribution in [-0.2, 0) is 0 Å². The summed E-state index contributed by atoms with van der Waals surface area (Å²) in [6, 6.07) is 12.5. The lowest BCUT2D eigenvalue weighted by Gasteiger charge is -2.04. The van der Waals surface area contributed by atoms with Crippen LogP contribution in [0.2, 0.25) is 0 Å². The molecular formula is C13H13N. The number of hydrogen-bond acceptors (Lipinski definition) is 1. The van der Waals surface area contributed by atoms with Crippen LogP contribution in [0.1, 0.15) is 11.1 Å². The van der Waals surface area contributed by atoms with Gasteiger partial charge in [-0.3, -0.25) is 4.98 Å². The molecule has 0 fully saturated rings. The van der Waals surface area contributed by atoms with Crippen molar-refractivity contribution < 1.29 is 0 Å². The summed E-state index contributed by atoms with van der Waals surface area (Å²) in [5.41, 5.74) is 4.77. The highest BCUT2D eigenvalue weighted by atomic mass is 14.7. The smallest absolute Gasteiger partial charge is 0.0731 e. The van der Waals surface area contributed by atoms with Gasteiger partial charge in [0, 0.05) is 11.8 Å². The normalized spacial score (nSPS) is 10.1. The maximum atomic E-state index is 4.39. The van der Waals surface area contributed by atoms with E-state index in [2.05, 4.69) is 49.2 Å². The minimum Gasteiger partial charge on any atom is -0.256 e. The van der Waals surface area contributed by atoms with E-state index < -0.39 is 0 Å². The standard InChI is InChI=1S/C13H13N/c1-10-5-3-7-12(9-10)13-11(2)6-4-8-14-13/h3-9H,1-2H3. The van der Waals surface area contributed by atoms with E-state index >= 15 is 0 Å². The molecule has 1 heteroatoms. The van der Waals surface area contributed by atoms with Crippen LogP contribution in [0.5, 0.6) is 0 Å². The number of aryl methyl sites for hydroxylation is 2. The van der Waals surface area contributed by atoms with Crippen molar-refractivity contribution in [2.75, 3.05) is 0 Å². The molecule has 0 atom stereocenters. The first kappa shape index (κ1) is 8.95. The maximum Gasteiger partial charge on any atom is 0.0731 e. The van der Waals surface area contributed by atoms with Crippen molar-refractivity contribution >= 4 is 0 Å². The van der Waals surface area contributed by atoms with Crippen LogP contribution in [0.25, 0.3) is 11.3 Å². The largest absolute Gasteiger partial charge is 0.256 e. The van der Waals surface area contributed by atoms with Crippen LogP contribution >= 0.6 is 0 Å². The van der Waals surface area contributed by atoms with Gasteiger partial charge in [-0.05, 0) is 31.5 Å². The Balaban J connectivity index is 2.55. The van der Waals surface area contributed by atoms with Gasteiger partial charge in [0.2, 0.25) is 0 Å². The second-order valence-electron chi connectivity index (χ2n) is 3.54. The lowest BCUT2D eigenvalue weighted by Crippen LogP contribution is -1.87. The quantitative estimate of drug-likeness (QED) is 0.660. The van der Waals surface area contributed by atoms with Crippen molar-refractivity contribution in [1.82, 2.24) is 4.98 Å². The molecule has 0 aliphatic carbocycles. The molecule has 1 heterocycles. The monoisotopic (exact) mass is 183 g/mol. The third kappa shape index (κ3) is 1.67. The molecule has 14 heavy (non-hydrogen) atoms. The molecule has 0 unspecified atom stereocenters. The molecule has 0 aliphatic rings. The molecule has 0 N–H and O–H groups in total. The Kier molecular flexibility index (Phi) is 2.32. The van der Waals surface area contributed by atoms with Crippen molar-refractivity contribution in [2.24, 2.45) is 0 Å². The molecule has 0 amide bonds. The average Bonchev–Trinajstić information content (AvgIpc) is 2.18. The van der Waals surface area contributed by atoms with Gasteiger partial charge in [-0.1, -0.05) is 29.8 Å². The Bertz CT molecular complexity index is 446. The minimum absolute atomic E-state index is 1.08. The molecule has 0 aliphatic heterocycles. The van der Waals surface area contributed by atoms with Gasteiger partial charge in [0.1, 0.15) is 0 Å². The molecule has 2 aromatic rings. The zero-order valence-corrected chi connectivity index (χ0v) is 8.49. The number of hydrogen-bond donors (Lipinski definition) is 0. The third-order valence-corrected chi connectivity index (χ3v) is 2.30. The molecule has 1 aromatic carbocycles. The molecule has 0 saturated heterocycles. The Morgan fingerprint density at radius 2 is 1.86 bits per heavy atom. The summed E-state index contributed by atoms with van der Waals surface area (Å²) in [7, 11) is 0. The summed E-state index contributed by atoms with van der Waals surface area (Å²) >= 11 is 0. The average molecular weight is 183 g/mol. The van der Waals surface area contributed by atoms with E-state index in [0.29, 0.717) is 0 Å². The Morgan fingerprint density at radius 3 is 2.57 bits per heavy atom. The summed E-state index contributed by atoms with van der Waals surface area (Å²) in [5, 5.41) is 0. The Morgan fingerprint density at radius 1 is 1.00 bits per heavy atom. The van der Waals surface area contributed by atoms with Crippen LogP contribution in [0.4, 0.5) is 0 Å². The number of pyridine rings is 1.